The fourth-order valence-electron chi connectivity index (χ4n) is 2.09. The van der Waals surface area contributed by atoms with Crippen molar-refractivity contribution in [1.82, 2.24) is 5.32 Å². The molecule has 0 aromatic carbocycles. The molecule has 1 N–H and O–H groups in total. The molecule has 11 heavy (non-hydrogen) atoms. The lowest BCUT2D eigenvalue weighted by Gasteiger charge is -2.43. The van der Waals surface area contributed by atoms with Crippen LogP contribution >= 0.6 is 12.4 Å². The van der Waals surface area contributed by atoms with Crippen LogP contribution in [-0.2, 0) is 0 Å². The van der Waals surface area contributed by atoms with Gasteiger partial charge in [0, 0.05) is 18.0 Å². The fourth-order valence-corrected chi connectivity index (χ4v) is 2.09. The Balaban J connectivity index is 0.000000605. The van der Waals surface area contributed by atoms with Gasteiger partial charge in [-0.3, -0.25) is 0 Å². The maximum Gasteiger partial charge on any atom is 0.0437 e. The van der Waals surface area contributed by atoms with Gasteiger partial charge in [-0.15, -0.1) is 18.8 Å². The third kappa shape index (κ3) is 1.38. The van der Waals surface area contributed by atoms with E-state index in [0.717, 1.165) is 12.6 Å². The van der Waals surface area contributed by atoms with Gasteiger partial charge in [-0.1, -0.05) is 5.92 Å². The first kappa shape index (κ1) is 8.90. The Labute approximate surface area is 74.3 Å². The molecule has 0 aromatic heterocycles. The van der Waals surface area contributed by atoms with Crippen LogP contribution in [0.25, 0.3) is 0 Å². The van der Waals surface area contributed by atoms with Crippen LogP contribution in [0.4, 0.5) is 0 Å². The van der Waals surface area contributed by atoms with Crippen molar-refractivity contribution < 1.29 is 0 Å². The number of nitrogens with one attached hydrogen (secondary N) is 1. The average molecular weight is 172 g/mol. The maximum absolute atomic E-state index is 5.48. The quantitative estimate of drug-likeness (QED) is 0.546. The zero-order chi connectivity index (χ0) is 7.03. The van der Waals surface area contributed by atoms with Crippen molar-refractivity contribution in [2.75, 3.05) is 6.54 Å². The molecule has 2 saturated heterocycles. The van der Waals surface area contributed by atoms with E-state index in [-0.39, 0.29) is 17.8 Å². The molecule has 1 saturated carbocycles. The summed E-state index contributed by atoms with van der Waals surface area (Å²) in [7, 11) is 0. The third-order valence-corrected chi connectivity index (χ3v) is 2.98. The zero-order valence-electron chi connectivity index (χ0n) is 6.60. The molecular formula is C9H14ClN. The number of piperidine rings is 2. The predicted molar refractivity (Wildman–Crippen MR) is 48.8 cm³/mol. The Hall–Kier alpha value is -0.190. The van der Waals surface area contributed by atoms with Crippen molar-refractivity contribution in [3.05, 3.63) is 0 Å². The number of rotatable bonds is 0. The molecule has 3 rings (SSSR count). The lowest BCUT2D eigenvalue weighted by Crippen LogP contribution is -2.50. The molecule has 0 spiro atoms. The number of terminal acetylenes is 1. The van der Waals surface area contributed by atoms with E-state index in [4.69, 9.17) is 6.42 Å². The summed E-state index contributed by atoms with van der Waals surface area (Å²) < 4.78 is 0. The van der Waals surface area contributed by atoms with Crippen LogP contribution in [0, 0.1) is 17.8 Å². The molecule has 0 amide bonds. The van der Waals surface area contributed by atoms with Crippen molar-refractivity contribution in [3.8, 4) is 12.3 Å². The molecule has 1 nitrogen and oxygen atoms in total. The Kier molecular flexibility index (Phi) is 2.47. The lowest BCUT2D eigenvalue weighted by molar-refractivity contribution is 0.154. The number of halogens is 1. The summed E-state index contributed by atoms with van der Waals surface area (Å²) in [4.78, 5) is 0. The highest BCUT2D eigenvalue weighted by atomic mass is 35.5. The van der Waals surface area contributed by atoms with Crippen molar-refractivity contribution in [1.29, 1.82) is 0 Å². The minimum absolute atomic E-state index is 0. The topological polar surface area (TPSA) is 12.0 Å². The van der Waals surface area contributed by atoms with E-state index in [9.17, 15) is 0 Å². The highest BCUT2D eigenvalue weighted by Gasteiger charge is 2.38. The molecule has 2 bridgehead atoms. The summed E-state index contributed by atoms with van der Waals surface area (Å²) in [5.41, 5.74) is 0.245. The van der Waals surface area contributed by atoms with E-state index >= 15 is 0 Å². The summed E-state index contributed by atoms with van der Waals surface area (Å²) in [6.45, 7) is 1.06. The minimum Gasteiger partial charge on any atom is -0.312 e. The summed E-state index contributed by atoms with van der Waals surface area (Å²) in [6.07, 6.45) is 10.6. The van der Waals surface area contributed by atoms with Gasteiger partial charge in [-0.2, -0.15) is 0 Å². The molecule has 3 fully saturated rings. The molecule has 1 aliphatic carbocycles. The first-order chi connectivity index (χ1) is 4.85. The van der Waals surface area contributed by atoms with Gasteiger partial charge in [-0.25, -0.2) is 0 Å². The van der Waals surface area contributed by atoms with Crippen LogP contribution < -0.4 is 5.32 Å². The molecule has 2 heteroatoms. The fraction of sp³-hybridized carbons (Fsp3) is 0.778. The van der Waals surface area contributed by atoms with Crippen LogP contribution in [0.3, 0.4) is 0 Å². The Bertz CT molecular complexity index is 161. The van der Waals surface area contributed by atoms with Crippen LogP contribution in [0.15, 0.2) is 0 Å². The van der Waals surface area contributed by atoms with E-state index in [1.807, 2.05) is 0 Å². The molecule has 62 valence electrons. The first-order valence-corrected chi connectivity index (χ1v) is 4.06. The minimum atomic E-state index is 0. The van der Waals surface area contributed by atoms with Crippen molar-refractivity contribution in [2.45, 2.75) is 31.7 Å². The van der Waals surface area contributed by atoms with Crippen molar-refractivity contribution in [3.63, 3.8) is 0 Å². The van der Waals surface area contributed by atoms with Gasteiger partial charge in [0.15, 0.2) is 0 Å². The number of hydrogen-bond donors (Lipinski definition) is 1. The number of hydrogen-bond acceptors (Lipinski definition) is 1. The van der Waals surface area contributed by atoms with Crippen LogP contribution in [0.5, 0.6) is 0 Å². The Morgan fingerprint density at radius 1 is 1.36 bits per heavy atom. The van der Waals surface area contributed by atoms with Crippen LogP contribution in [-0.4, -0.2) is 12.6 Å². The second-order valence-corrected chi connectivity index (χ2v) is 3.58. The lowest BCUT2D eigenvalue weighted by atomic mass is 9.69. The zero-order valence-corrected chi connectivity index (χ0v) is 7.41. The Morgan fingerprint density at radius 2 is 2.00 bits per heavy atom. The van der Waals surface area contributed by atoms with Gasteiger partial charge in [0.2, 0.25) is 0 Å². The first-order valence-electron chi connectivity index (χ1n) is 4.06. The Morgan fingerprint density at radius 3 is 2.27 bits per heavy atom. The molecule has 0 radical (unpaired) electrons. The van der Waals surface area contributed by atoms with Gasteiger partial charge in [0.05, 0.1) is 0 Å². The average Bonchev–Trinajstić information content (AvgIpc) is 2.08. The summed E-state index contributed by atoms with van der Waals surface area (Å²) in [5.74, 6) is 2.94. The highest BCUT2D eigenvalue weighted by molar-refractivity contribution is 5.85. The van der Waals surface area contributed by atoms with E-state index in [1.165, 1.54) is 25.7 Å². The van der Waals surface area contributed by atoms with E-state index in [1.54, 1.807) is 0 Å². The van der Waals surface area contributed by atoms with Crippen molar-refractivity contribution >= 4 is 12.4 Å². The van der Waals surface area contributed by atoms with Crippen LogP contribution in [0.1, 0.15) is 25.7 Å². The normalized spacial score (nSPS) is 40.8. The number of fused-ring (bicyclic) bond motifs is 3. The van der Waals surface area contributed by atoms with Crippen LogP contribution in [0.2, 0.25) is 0 Å². The molecule has 2 heterocycles. The van der Waals surface area contributed by atoms with E-state index in [2.05, 4.69) is 11.2 Å². The SMILES string of the molecule is C#CC12CCC(CC1)NC2.Cl. The second-order valence-electron chi connectivity index (χ2n) is 3.58. The highest BCUT2D eigenvalue weighted by Crippen LogP contribution is 2.39. The largest absolute Gasteiger partial charge is 0.312 e. The van der Waals surface area contributed by atoms with Gasteiger partial charge < -0.3 is 5.32 Å². The molecule has 0 unspecified atom stereocenters. The standard InChI is InChI=1S/C9H13N.ClH/c1-2-9-5-3-8(4-6-9)10-7-9;/h1,8,10H,3-7H2;1H. The van der Waals surface area contributed by atoms with Gasteiger partial charge >= 0.3 is 0 Å². The summed E-state index contributed by atoms with van der Waals surface area (Å²) in [6, 6.07) is 0.787. The van der Waals surface area contributed by atoms with Gasteiger partial charge in [0.25, 0.3) is 0 Å². The molecule has 0 aromatic rings. The van der Waals surface area contributed by atoms with Gasteiger partial charge in [-0.05, 0) is 25.7 Å². The predicted octanol–water partition coefficient (Wildman–Crippen LogP) is 1.57. The smallest absolute Gasteiger partial charge is 0.0437 e. The summed E-state index contributed by atoms with van der Waals surface area (Å²) in [5, 5.41) is 3.47. The monoisotopic (exact) mass is 171 g/mol. The van der Waals surface area contributed by atoms with E-state index in [0.29, 0.717) is 0 Å². The van der Waals surface area contributed by atoms with E-state index < -0.39 is 0 Å². The second kappa shape index (κ2) is 3.05. The van der Waals surface area contributed by atoms with Gasteiger partial charge in [0.1, 0.15) is 0 Å². The molecule has 0 atom stereocenters. The summed E-state index contributed by atoms with van der Waals surface area (Å²) >= 11 is 0. The third-order valence-electron chi connectivity index (χ3n) is 2.98. The maximum atomic E-state index is 5.48. The molecular weight excluding hydrogens is 158 g/mol. The molecule has 3 aliphatic rings. The van der Waals surface area contributed by atoms with Crippen molar-refractivity contribution in [2.24, 2.45) is 5.41 Å². The molecule has 2 aliphatic heterocycles.